The van der Waals surface area contributed by atoms with Crippen molar-refractivity contribution in [3.05, 3.63) is 12.7 Å². The second-order valence-corrected chi connectivity index (χ2v) is 5.81. The van der Waals surface area contributed by atoms with Gasteiger partial charge >= 0.3 is 0 Å². The number of rotatable bonds is 2. The van der Waals surface area contributed by atoms with Gasteiger partial charge in [-0.15, -0.1) is 6.58 Å². The molecule has 0 radical (unpaired) electrons. The molecule has 3 aliphatic heterocycles. The van der Waals surface area contributed by atoms with E-state index in [1.165, 1.54) is 6.08 Å². The third-order valence-electron chi connectivity index (χ3n) is 4.50. The van der Waals surface area contributed by atoms with Gasteiger partial charge in [-0.05, 0) is 25.7 Å². The Labute approximate surface area is 119 Å². The average molecular weight is 284 g/mol. The van der Waals surface area contributed by atoms with Crippen molar-refractivity contribution in [2.24, 2.45) is 0 Å². The zero-order chi connectivity index (χ0) is 14.1. The molecule has 0 aromatic heterocycles. The molecule has 4 atom stereocenters. The van der Waals surface area contributed by atoms with Crippen LogP contribution in [0.4, 0.5) is 0 Å². The van der Waals surface area contributed by atoms with Crippen molar-refractivity contribution in [1.82, 2.24) is 0 Å². The van der Waals surface area contributed by atoms with Crippen LogP contribution in [0.3, 0.4) is 0 Å². The van der Waals surface area contributed by atoms with Crippen LogP contribution in [0.5, 0.6) is 0 Å². The first-order valence-corrected chi connectivity index (χ1v) is 7.62. The van der Waals surface area contributed by atoms with Gasteiger partial charge in [0, 0.05) is 12.8 Å². The highest BCUT2D eigenvalue weighted by Gasteiger charge is 2.61. The zero-order valence-electron chi connectivity index (χ0n) is 11.9. The van der Waals surface area contributed by atoms with Crippen molar-refractivity contribution in [3.8, 4) is 0 Å². The minimum absolute atomic E-state index is 0.304. The van der Waals surface area contributed by atoms with Crippen molar-refractivity contribution < 1.29 is 24.1 Å². The lowest BCUT2D eigenvalue weighted by molar-refractivity contribution is -0.469. The maximum absolute atomic E-state index is 9.96. The summed E-state index contributed by atoms with van der Waals surface area (Å²) in [5.41, 5.74) is 0. The van der Waals surface area contributed by atoms with Gasteiger partial charge in [0.05, 0.1) is 19.8 Å². The summed E-state index contributed by atoms with van der Waals surface area (Å²) in [7, 11) is 0. The van der Waals surface area contributed by atoms with Gasteiger partial charge in [-0.3, -0.25) is 0 Å². The summed E-state index contributed by atoms with van der Waals surface area (Å²) in [6.07, 6.45) is 5.94. The minimum atomic E-state index is -0.876. The fourth-order valence-electron chi connectivity index (χ4n) is 3.36. The third kappa shape index (κ3) is 2.31. The second-order valence-electron chi connectivity index (χ2n) is 5.81. The highest BCUT2D eigenvalue weighted by atomic mass is 16.8. The molecule has 2 spiro atoms. The Kier molecular flexibility index (Phi) is 4.15. The summed E-state index contributed by atoms with van der Waals surface area (Å²) >= 11 is 0. The summed E-state index contributed by atoms with van der Waals surface area (Å²) < 4.78 is 24.2. The first-order valence-electron chi connectivity index (χ1n) is 7.62. The van der Waals surface area contributed by atoms with Gasteiger partial charge in [0.2, 0.25) is 11.6 Å². The maximum Gasteiger partial charge on any atom is 0.224 e. The molecule has 0 saturated carbocycles. The Bertz CT molecular complexity index is 344. The van der Waals surface area contributed by atoms with Crippen molar-refractivity contribution >= 4 is 0 Å². The van der Waals surface area contributed by atoms with E-state index in [2.05, 4.69) is 6.58 Å². The van der Waals surface area contributed by atoms with Gasteiger partial charge in [0.1, 0.15) is 12.2 Å². The molecule has 0 bridgehead atoms. The van der Waals surface area contributed by atoms with Crippen LogP contribution in [0.1, 0.15) is 38.5 Å². The van der Waals surface area contributed by atoms with Gasteiger partial charge in [-0.1, -0.05) is 6.08 Å². The SMILES string of the molecule is C=C[C@H](O)[C@H]1CO[C@]2(CCCCO2)[C@@]2(CCCCO2)O1. The van der Waals surface area contributed by atoms with E-state index in [0.717, 1.165) is 38.5 Å². The number of aliphatic hydroxyl groups excluding tert-OH is 1. The first-order chi connectivity index (χ1) is 9.71. The van der Waals surface area contributed by atoms with Crippen molar-refractivity contribution in [2.75, 3.05) is 19.8 Å². The average Bonchev–Trinajstić information content (AvgIpc) is 2.51. The van der Waals surface area contributed by atoms with Crippen LogP contribution >= 0.6 is 0 Å². The number of hydrogen-bond acceptors (Lipinski definition) is 5. The van der Waals surface area contributed by atoms with E-state index in [0.29, 0.717) is 19.8 Å². The largest absolute Gasteiger partial charge is 0.386 e. The zero-order valence-corrected chi connectivity index (χ0v) is 11.9. The molecule has 5 nitrogen and oxygen atoms in total. The van der Waals surface area contributed by atoms with E-state index in [-0.39, 0.29) is 0 Å². The normalized spacial score (nSPS) is 43.5. The number of ether oxygens (including phenoxy) is 4. The smallest absolute Gasteiger partial charge is 0.224 e. The fraction of sp³-hybridized carbons (Fsp3) is 0.867. The van der Waals surface area contributed by atoms with Crippen LogP contribution in [-0.2, 0) is 18.9 Å². The molecule has 0 aromatic rings. The van der Waals surface area contributed by atoms with Gasteiger partial charge in [-0.25, -0.2) is 0 Å². The number of fused-ring (bicyclic) bond motifs is 1. The highest BCUT2D eigenvalue weighted by Crippen LogP contribution is 2.47. The molecular formula is C15H24O5. The first kappa shape index (κ1) is 14.5. The van der Waals surface area contributed by atoms with Crippen LogP contribution in [-0.4, -0.2) is 48.7 Å². The van der Waals surface area contributed by atoms with E-state index in [1.807, 2.05) is 0 Å². The topological polar surface area (TPSA) is 57.2 Å². The van der Waals surface area contributed by atoms with Crippen molar-refractivity contribution in [3.63, 3.8) is 0 Å². The summed E-state index contributed by atoms with van der Waals surface area (Å²) in [6.45, 7) is 5.23. The summed E-state index contributed by atoms with van der Waals surface area (Å²) in [5.74, 6) is -1.68. The monoisotopic (exact) mass is 284 g/mol. The Morgan fingerprint density at radius 1 is 1.00 bits per heavy atom. The third-order valence-corrected chi connectivity index (χ3v) is 4.50. The van der Waals surface area contributed by atoms with Crippen LogP contribution in [0, 0.1) is 0 Å². The molecule has 3 aliphatic rings. The van der Waals surface area contributed by atoms with Crippen molar-refractivity contribution in [1.29, 1.82) is 0 Å². The molecule has 0 amide bonds. The minimum Gasteiger partial charge on any atom is -0.386 e. The fourth-order valence-corrected chi connectivity index (χ4v) is 3.36. The lowest BCUT2D eigenvalue weighted by atomic mass is 9.89. The Morgan fingerprint density at radius 3 is 2.20 bits per heavy atom. The standard InChI is InChI=1S/C15H24O5/c1-2-12(16)13-11-19-14(7-3-5-9-17-14)15(20-13)8-4-6-10-18-15/h2,12-13,16H,1,3-11H2/t12-,13+,14+,15+/m0/s1. The molecule has 114 valence electrons. The maximum atomic E-state index is 9.96. The van der Waals surface area contributed by atoms with Crippen LogP contribution < -0.4 is 0 Å². The lowest BCUT2D eigenvalue weighted by Crippen LogP contribution is -2.68. The molecule has 1 N–H and O–H groups in total. The Morgan fingerprint density at radius 2 is 1.65 bits per heavy atom. The molecule has 3 heterocycles. The molecule has 5 heteroatoms. The van der Waals surface area contributed by atoms with Gasteiger partial charge in [0.15, 0.2) is 0 Å². The van der Waals surface area contributed by atoms with E-state index in [1.54, 1.807) is 0 Å². The van der Waals surface area contributed by atoms with Gasteiger partial charge < -0.3 is 24.1 Å². The van der Waals surface area contributed by atoms with E-state index < -0.39 is 23.8 Å². The Hall–Kier alpha value is -0.460. The summed E-state index contributed by atoms with van der Waals surface area (Å²) in [6, 6.07) is 0. The van der Waals surface area contributed by atoms with Crippen molar-refractivity contribution in [2.45, 2.75) is 62.3 Å². The molecule has 3 rings (SSSR count). The number of aliphatic hydroxyl groups is 1. The summed E-state index contributed by atoms with van der Waals surface area (Å²) in [4.78, 5) is 0. The summed E-state index contributed by atoms with van der Waals surface area (Å²) in [5, 5.41) is 9.96. The lowest BCUT2D eigenvalue weighted by Gasteiger charge is -2.56. The van der Waals surface area contributed by atoms with E-state index in [9.17, 15) is 5.11 Å². The van der Waals surface area contributed by atoms with Crippen LogP contribution in [0.25, 0.3) is 0 Å². The van der Waals surface area contributed by atoms with Crippen LogP contribution in [0.2, 0.25) is 0 Å². The molecule has 20 heavy (non-hydrogen) atoms. The van der Waals surface area contributed by atoms with Crippen LogP contribution in [0.15, 0.2) is 12.7 Å². The second kappa shape index (κ2) is 5.73. The quantitative estimate of drug-likeness (QED) is 0.783. The predicted octanol–water partition coefficient (Wildman–Crippen LogP) is 1.74. The molecule has 3 saturated heterocycles. The van der Waals surface area contributed by atoms with E-state index >= 15 is 0 Å². The highest BCUT2D eigenvalue weighted by molar-refractivity contribution is 4.99. The molecule has 0 aromatic carbocycles. The molecular weight excluding hydrogens is 260 g/mol. The molecule has 0 aliphatic carbocycles. The van der Waals surface area contributed by atoms with E-state index in [4.69, 9.17) is 18.9 Å². The number of hydrogen-bond donors (Lipinski definition) is 1. The predicted molar refractivity (Wildman–Crippen MR) is 72.1 cm³/mol. The Balaban J connectivity index is 1.85. The van der Waals surface area contributed by atoms with Gasteiger partial charge in [0.25, 0.3) is 0 Å². The molecule has 0 unspecified atom stereocenters. The van der Waals surface area contributed by atoms with Gasteiger partial charge in [-0.2, -0.15) is 0 Å². The molecule has 3 fully saturated rings.